The highest BCUT2D eigenvalue weighted by molar-refractivity contribution is 14.0. The van der Waals surface area contributed by atoms with Crippen molar-refractivity contribution in [3.8, 4) is 0 Å². The maximum absolute atomic E-state index is 5.62. The van der Waals surface area contributed by atoms with Crippen molar-refractivity contribution in [3.63, 3.8) is 0 Å². The van der Waals surface area contributed by atoms with Gasteiger partial charge >= 0.3 is 0 Å². The normalized spacial score (nSPS) is 25.1. The van der Waals surface area contributed by atoms with Gasteiger partial charge in [-0.15, -0.1) is 24.0 Å². The van der Waals surface area contributed by atoms with Crippen LogP contribution < -0.4 is 5.32 Å². The predicted octanol–water partition coefficient (Wildman–Crippen LogP) is 2.02. The molecule has 2 saturated heterocycles. The average Bonchev–Trinajstić information content (AvgIpc) is 3.13. The summed E-state index contributed by atoms with van der Waals surface area (Å²) in [5.74, 6) is 1.09. The highest BCUT2D eigenvalue weighted by atomic mass is 127. The topological polar surface area (TPSA) is 40.1 Å². The van der Waals surface area contributed by atoms with Gasteiger partial charge in [-0.2, -0.15) is 0 Å². The minimum Gasteiger partial charge on any atom is -0.381 e. The van der Waals surface area contributed by atoms with Crippen molar-refractivity contribution < 1.29 is 4.74 Å². The number of nitrogens with one attached hydrogen (secondary N) is 1. The number of likely N-dealkylation sites (tertiary alicyclic amines) is 1. The smallest absolute Gasteiger partial charge is 0.193 e. The van der Waals surface area contributed by atoms with Crippen LogP contribution in [0.25, 0.3) is 0 Å². The standard InChI is InChI=1S/C16H32N4O.HI/c1-4-17-15(18-9-11-19(5-2)6-3)20-10-7-16(13-20)8-12-21-14-16;/h4-14H2,1-3H3,(H,17,18);1H. The molecule has 6 heteroatoms. The van der Waals surface area contributed by atoms with Crippen LogP contribution in [-0.2, 0) is 4.74 Å². The Hall–Kier alpha value is -0.0800. The predicted molar refractivity (Wildman–Crippen MR) is 103 cm³/mol. The molecule has 2 aliphatic heterocycles. The average molecular weight is 424 g/mol. The highest BCUT2D eigenvalue weighted by Crippen LogP contribution is 2.38. The van der Waals surface area contributed by atoms with E-state index in [0.29, 0.717) is 5.41 Å². The number of guanidine groups is 1. The van der Waals surface area contributed by atoms with Gasteiger partial charge < -0.3 is 19.9 Å². The monoisotopic (exact) mass is 424 g/mol. The number of nitrogens with zero attached hydrogens (tertiary/aromatic N) is 3. The van der Waals surface area contributed by atoms with E-state index in [1.165, 1.54) is 12.8 Å². The first kappa shape index (κ1) is 20.0. The number of rotatable bonds is 6. The largest absolute Gasteiger partial charge is 0.381 e. The Labute approximate surface area is 152 Å². The van der Waals surface area contributed by atoms with Crippen LogP contribution in [0, 0.1) is 5.41 Å². The maximum atomic E-state index is 5.62. The first-order valence-corrected chi connectivity index (χ1v) is 8.56. The molecule has 0 radical (unpaired) electrons. The first-order valence-electron chi connectivity index (χ1n) is 8.56. The zero-order valence-electron chi connectivity index (χ0n) is 14.4. The van der Waals surface area contributed by atoms with Crippen LogP contribution in [-0.4, -0.2) is 74.8 Å². The molecule has 1 unspecified atom stereocenters. The van der Waals surface area contributed by atoms with Crippen LogP contribution in [0.1, 0.15) is 33.6 Å². The van der Waals surface area contributed by atoms with Crippen LogP contribution in [0.2, 0.25) is 0 Å². The lowest BCUT2D eigenvalue weighted by Crippen LogP contribution is -2.42. The summed E-state index contributed by atoms with van der Waals surface area (Å²) >= 11 is 0. The summed E-state index contributed by atoms with van der Waals surface area (Å²) in [5.41, 5.74) is 0.398. The molecule has 0 aromatic carbocycles. The molecule has 130 valence electrons. The Balaban J connectivity index is 0.00000242. The molecule has 0 aromatic heterocycles. The summed E-state index contributed by atoms with van der Waals surface area (Å²) < 4.78 is 5.62. The molecule has 1 atom stereocenters. The lowest BCUT2D eigenvalue weighted by atomic mass is 9.87. The van der Waals surface area contributed by atoms with Crippen LogP contribution in [0.5, 0.6) is 0 Å². The van der Waals surface area contributed by atoms with Crippen molar-refractivity contribution >= 4 is 29.9 Å². The van der Waals surface area contributed by atoms with Gasteiger partial charge in [-0.3, -0.25) is 4.99 Å². The lowest BCUT2D eigenvalue weighted by Gasteiger charge is -2.25. The number of hydrogen-bond acceptors (Lipinski definition) is 3. The number of likely N-dealkylation sites (N-methyl/N-ethyl adjacent to an activating group) is 1. The van der Waals surface area contributed by atoms with E-state index in [9.17, 15) is 0 Å². The van der Waals surface area contributed by atoms with Gasteiger partial charge in [0.15, 0.2) is 5.96 Å². The molecule has 2 fully saturated rings. The Bertz CT molecular complexity index is 341. The van der Waals surface area contributed by atoms with Gasteiger partial charge in [0, 0.05) is 38.2 Å². The van der Waals surface area contributed by atoms with Crippen molar-refractivity contribution in [2.24, 2.45) is 10.4 Å². The van der Waals surface area contributed by atoms with Crippen LogP contribution in [0.15, 0.2) is 4.99 Å². The minimum atomic E-state index is 0. The van der Waals surface area contributed by atoms with Crippen molar-refractivity contribution in [2.75, 3.05) is 59.0 Å². The molecule has 5 nitrogen and oxygen atoms in total. The van der Waals surface area contributed by atoms with Crippen molar-refractivity contribution in [1.29, 1.82) is 0 Å². The molecule has 0 saturated carbocycles. The fourth-order valence-electron chi connectivity index (χ4n) is 3.35. The van der Waals surface area contributed by atoms with E-state index in [1.807, 2.05) is 0 Å². The van der Waals surface area contributed by atoms with Gasteiger partial charge in [-0.1, -0.05) is 13.8 Å². The number of ether oxygens (including phenoxy) is 1. The minimum absolute atomic E-state index is 0. The second-order valence-corrected chi connectivity index (χ2v) is 6.24. The van der Waals surface area contributed by atoms with E-state index in [2.05, 4.69) is 35.9 Å². The molecule has 2 heterocycles. The summed E-state index contributed by atoms with van der Waals surface area (Å²) in [5, 5.41) is 3.46. The van der Waals surface area contributed by atoms with E-state index >= 15 is 0 Å². The number of aliphatic imine (C=N–C) groups is 1. The van der Waals surface area contributed by atoms with Gasteiger partial charge in [0.1, 0.15) is 0 Å². The second kappa shape index (κ2) is 9.93. The fourth-order valence-corrected chi connectivity index (χ4v) is 3.35. The number of hydrogen-bond donors (Lipinski definition) is 1. The Kier molecular flexibility index (Phi) is 9.01. The summed E-state index contributed by atoms with van der Waals surface area (Å²) in [6, 6.07) is 0. The molecule has 2 aliphatic rings. The van der Waals surface area contributed by atoms with E-state index in [-0.39, 0.29) is 24.0 Å². The van der Waals surface area contributed by atoms with Crippen LogP contribution in [0.3, 0.4) is 0 Å². The van der Waals surface area contributed by atoms with E-state index in [4.69, 9.17) is 9.73 Å². The summed E-state index contributed by atoms with van der Waals surface area (Å²) in [6.45, 7) is 15.7. The zero-order chi connectivity index (χ0) is 15.1. The van der Waals surface area contributed by atoms with E-state index in [1.54, 1.807) is 0 Å². The second-order valence-electron chi connectivity index (χ2n) is 6.24. The molecule has 1 spiro atoms. The van der Waals surface area contributed by atoms with E-state index < -0.39 is 0 Å². The lowest BCUT2D eigenvalue weighted by molar-refractivity contribution is 0.156. The molecule has 2 rings (SSSR count). The summed E-state index contributed by atoms with van der Waals surface area (Å²) in [7, 11) is 0. The summed E-state index contributed by atoms with van der Waals surface area (Å²) in [6.07, 6.45) is 2.45. The van der Waals surface area contributed by atoms with Crippen LogP contribution in [0.4, 0.5) is 0 Å². The Morgan fingerprint density at radius 2 is 2.05 bits per heavy atom. The van der Waals surface area contributed by atoms with Crippen molar-refractivity contribution in [3.05, 3.63) is 0 Å². The third kappa shape index (κ3) is 5.23. The first-order chi connectivity index (χ1) is 10.2. The molecule has 0 amide bonds. The van der Waals surface area contributed by atoms with Gasteiger partial charge in [0.2, 0.25) is 0 Å². The summed E-state index contributed by atoms with van der Waals surface area (Å²) in [4.78, 5) is 9.69. The molecular formula is C16H33IN4O. The number of halogens is 1. The van der Waals surface area contributed by atoms with Gasteiger partial charge in [-0.25, -0.2) is 0 Å². The van der Waals surface area contributed by atoms with Crippen molar-refractivity contribution in [2.45, 2.75) is 33.6 Å². The Morgan fingerprint density at radius 3 is 2.64 bits per heavy atom. The zero-order valence-corrected chi connectivity index (χ0v) is 16.8. The third-order valence-corrected chi connectivity index (χ3v) is 4.83. The molecule has 0 aromatic rings. The van der Waals surface area contributed by atoms with E-state index in [0.717, 1.165) is 65.0 Å². The van der Waals surface area contributed by atoms with Gasteiger partial charge in [0.25, 0.3) is 0 Å². The van der Waals surface area contributed by atoms with Crippen LogP contribution >= 0.6 is 24.0 Å². The molecule has 0 aliphatic carbocycles. The van der Waals surface area contributed by atoms with Crippen molar-refractivity contribution in [1.82, 2.24) is 15.1 Å². The third-order valence-electron chi connectivity index (χ3n) is 4.83. The SMILES string of the molecule is CCNC(=NCCN(CC)CC)N1CCC2(CCOC2)C1.I. The highest BCUT2D eigenvalue weighted by Gasteiger charge is 2.42. The van der Waals surface area contributed by atoms with Gasteiger partial charge in [-0.05, 0) is 32.9 Å². The molecule has 0 bridgehead atoms. The maximum Gasteiger partial charge on any atom is 0.193 e. The molecule has 22 heavy (non-hydrogen) atoms. The molecule has 1 N–H and O–H groups in total. The molecular weight excluding hydrogens is 391 g/mol. The fraction of sp³-hybridized carbons (Fsp3) is 0.938. The Morgan fingerprint density at radius 1 is 1.27 bits per heavy atom. The quantitative estimate of drug-likeness (QED) is 0.403. The van der Waals surface area contributed by atoms with Gasteiger partial charge in [0.05, 0.1) is 13.2 Å².